The minimum absolute atomic E-state index is 0.180. The molecule has 1 rings (SSSR count). The van der Waals surface area contributed by atoms with Gasteiger partial charge < -0.3 is 10.8 Å². The number of carboxylic acid groups (broad SMARTS) is 1. The molecule has 0 fully saturated rings. The molecule has 88 valence electrons. The number of carbonyl (C=O) groups is 1. The number of hydrogen-bond donors (Lipinski definition) is 2. The highest BCUT2D eigenvalue weighted by Gasteiger charge is 2.12. The minimum atomic E-state index is -3.21. The molecule has 1 atom stereocenters. The molecule has 0 aliphatic rings. The van der Waals surface area contributed by atoms with E-state index >= 15 is 0 Å². The van der Waals surface area contributed by atoms with E-state index in [4.69, 9.17) is 10.8 Å². The predicted molar refractivity (Wildman–Crippen MR) is 58.9 cm³/mol. The molecule has 0 aliphatic carbocycles. The Morgan fingerprint density at radius 1 is 1.38 bits per heavy atom. The number of carboxylic acids is 1. The first-order valence-corrected chi connectivity index (χ1v) is 6.47. The largest absolute Gasteiger partial charge is 0.480 e. The van der Waals surface area contributed by atoms with Gasteiger partial charge in [0.05, 0.1) is 4.90 Å². The Morgan fingerprint density at radius 2 is 1.88 bits per heavy atom. The molecule has 0 bridgehead atoms. The van der Waals surface area contributed by atoms with Crippen molar-refractivity contribution >= 4 is 15.8 Å². The fourth-order valence-electron chi connectivity index (χ4n) is 1.21. The lowest BCUT2D eigenvalue weighted by atomic mass is 10.1. The van der Waals surface area contributed by atoms with Crippen molar-refractivity contribution in [3.8, 4) is 0 Å². The van der Waals surface area contributed by atoms with E-state index in [1.165, 1.54) is 12.1 Å². The second-order valence-electron chi connectivity index (χ2n) is 3.56. The summed E-state index contributed by atoms with van der Waals surface area (Å²) < 4.78 is 22.3. The van der Waals surface area contributed by atoms with Crippen molar-refractivity contribution in [1.82, 2.24) is 0 Å². The van der Waals surface area contributed by atoms with E-state index < -0.39 is 21.8 Å². The highest BCUT2D eigenvalue weighted by molar-refractivity contribution is 7.90. The number of aliphatic carboxylic acids is 1. The molecule has 0 saturated carbocycles. The van der Waals surface area contributed by atoms with Gasteiger partial charge in [-0.25, -0.2) is 8.42 Å². The monoisotopic (exact) mass is 243 g/mol. The SMILES string of the molecule is CS(=O)(=O)c1ccc(C[C@@H](N)C(=O)O)cc1. The normalized spacial score (nSPS) is 13.4. The summed E-state index contributed by atoms with van der Waals surface area (Å²) >= 11 is 0. The molecule has 6 heteroatoms. The van der Waals surface area contributed by atoms with E-state index in [0.29, 0.717) is 5.56 Å². The van der Waals surface area contributed by atoms with Crippen LogP contribution in [0.25, 0.3) is 0 Å². The summed E-state index contributed by atoms with van der Waals surface area (Å²) in [6, 6.07) is 5.06. The van der Waals surface area contributed by atoms with E-state index in [2.05, 4.69) is 0 Å². The van der Waals surface area contributed by atoms with Crippen molar-refractivity contribution < 1.29 is 18.3 Å². The number of rotatable bonds is 4. The van der Waals surface area contributed by atoms with Crippen LogP contribution >= 0.6 is 0 Å². The molecular weight excluding hydrogens is 230 g/mol. The second-order valence-corrected chi connectivity index (χ2v) is 5.58. The van der Waals surface area contributed by atoms with Crippen LogP contribution in [-0.4, -0.2) is 31.8 Å². The summed E-state index contributed by atoms with van der Waals surface area (Å²) in [7, 11) is -3.21. The first-order valence-electron chi connectivity index (χ1n) is 4.58. The molecule has 5 nitrogen and oxygen atoms in total. The predicted octanol–water partition coefficient (Wildman–Crippen LogP) is 0.0445. The van der Waals surface area contributed by atoms with Crippen molar-refractivity contribution in [2.24, 2.45) is 5.73 Å². The topological polar surface area (TPSA) is 97.5 Å². The number of nitrogens with two attached hydrogens (primary N) is 1. The highest BCUT2D eigenvalue weighted by Crippen LogP contribution is 2.11. The number of sulfone groups is 1. The minimum Gasteiger partial charge on any atom is -0.480 e. The van der Waals surface area contributed by atoms with Crippen molar-refractivity contribution in [2.45, 2.75) is 17.4 Å². The van der Waals surface area contributed by atoms with Gasteiger partial charge in [0, 0.05) is 6.26 Å². The molecule has 3 N–H and O–H groups in total. The summed E-state index contributed by atoms with van der Waals surface area (Å²) in [6.45, 7) is 0. The molecule has 1 aromatic carbocycles. The van der Waals surface area contributed by atoms with E-state index in [1.807, 2.05) is 0 Å². The third-order valence-corrected chi connectivity index (χ3v) is 3.25. The second kappa shape index (κ2) is 4.63. The molecule has 0 heterocycles. The quantitative estimate of drug-likeness (QED) is 0.778. The molecule has 0 unspecified atom stereocenters. The van der Waals surface area contributed by atoms with Gasteiger partial charge in [0.25, 0.3) is 0 Å². The van der Waals surface area contributed by atoms with E-state index in [9.17, 15) is 13.2 Å². The lowest BCUT2D eigenvalue weighted by Crippen LogP contribution is -2.32. The Kier molecular flexibility index (Phi) is 3.66. The van der Waals surface area contributed by atoms with Crippen LogP contribution < -0.4 is 5.73 Å². The Labute approximate surface area is 93.8 Å². The summed E-state index contributed by atoms with van der Waals surface area (Å²) in [4.78, 5) is 10.7. The molecule has 0 aliphatic heterocycles. The highest BCUT2D eigenvalue weighted by atomic mass is 32.2. The Morgan fingerprint density at radius 3 is 2.25 bits per heavy atom. The number of hydrogen-bond acceptors (Lipinski definition) is 4. The fraction of sp³-hybridized carbons (Fsp3) is 0.300. The summed E-state index contributed by atoms with van der Waals surface area (Å²) in [5.74, 6) is -1.08. The molecule has 1 aromatic rings. The van der Waals surface area contributed by atoms with Gasteiger partial charge in [-0.2, -0.15) is 0 Å². The standard InChI is InChI=1S/C10H13NO4S/c1-16(14,15)8-4-2-7(3-5-8)6-9(11)10(12)13/h2-5,9H,6,11H2,1H3,(H,12,13)/t9-/m1/s1. The zero-order chi connectivity index (χ0) is 12.3. The molecule has 16 heavy (non-hydrogen) atoms. The van der Waals surface area contributed by atoms with Gasteiger partial charge in [0.15, 0.2) is 9.84 Å². The van der Waals surface area contributed by atoms with Gasteiger partial charge >= 0.3 is 5.97 Å². The molecule has 0 aromatic heterocycles. The van der Waals surface area contributed by atoms with E-state index in [0.717, 1.165) is 6.26 Å². The maximum absolute atomic E-state index is 11.2. The average molecular weight is 243 g/mol. The first kappa shape index (κ1) is 12.7. The Bertz CT molecular complexity index is 478. The van der Waals surface area contributed by atoms with Crippen molar-refractivity contribution in [3.05, 3.63) is 29.8 Å². The van der Waals surface area contributed by atoms with Crippen LogP contribution in [0.4, 0.5) is 0 Å². The van der Waals surface area contributed by atoms with Gasteiger partial charge in [-0.3, -0.25) is 4.79 Å². The third-order valence-electron chi connectivity index (χ3n) is 2.12. The van der Waals surface area contributed by atoms with Crippen molar-refractivity contribution in [1.29, 1.82) is 0 Å². The molecule has 0 spiro atoms. The summed E-state index contributed by atoms with van der Waals surface area (Å²) in [5, 5.41) is 8.61. The van der Waals surface area contributed by atoms with Crippen molar-refractivity contribution in [2.75, 3.05) is 6.26 Å². The molecule has 0 saturated heterocycles. The summed E-state index contributed by atoms with van der Waals surface area (Å²) in [5.41, 5.74) is 6.05. The van der Waals surface area contributed by atoms with Crippen LogP contribution in [0.15, 0.2) is 29.2 Å². The third kappa shape index (κ3) is 3.32. The smallest absolute Gasteiger partial charge is 0.320 e. The van der Waals surface area contributed by atoms with Crippen LogP contribution in [-0.2, 0) is 21.1 Å². The van der Waals surface area contributed by atoms with Gasteiger partial charge in [0.2, 0.25) is 0 Å². The average Bonchev–Trinajstić information content (AvgIpc) is 2.17. The zero-order valence-corrected chi connectivity index (χ0v) is 9.57. The zero-order valence-electron chi connectivity index (χ0n) is 8.75. The Balaban J connectivity index is 2.84. The number of benzene rings is 1. The van der Waals surface area contributed by atoms with Gasteiger partial charge in [-0.05, 0) is 24.1 Å². The molecular formula is C10H13NO4S. The van der Waals surface area contributed by atoms with Crippen LogP contribution in [0.5, 0.6) is 0 Å². The van der Waals surface area contributed by atoms with Gasteiger partial charge in [-0.15, -0.1) is 0 Å². The lowest BCUT2D eigenvalue weighted by Gasteiger charge is -2.06. The molecule has 0 radical (unpaired) electrons. The molecule has 0 amide bonds. The maximum atomic E-state index is 11.2. The van der Waals surface area contributed by atoms with Gasteiger partial charge in [-0.1, -0.05) is 12.1 Å². The van der Waals surface area contributed by atoms with Gasteiger partial charge in [0.1, 0.15) is 6.04 Å². The fourth-order valence-corrected chi connectivity index (χ4v) is 1.84. The van der Waals surface area contributed by atoms with E-state index in [-0.39, 0.29) is 11.3 Å². The van der Waals surface area contributed by atoms with Crippen molar-refractivity contribution in [3.63, 3.8) is 0 Å². The maximum Gasteiger partial charge on any atom is 0.320 e. The Hall–Kier alpha value is -1.40. The lowest BCUT2D eigenvalue weighted by molar-refractivity contribution is -0.138. The summed E-state index contributed by atoms with van der Waals surface area (Å²) in [6.07, 6.45) is 1.30. The van der Waals surface area contributed by atoms with Crippen LogP contribution in [0.1, 0.15) is 5.56 Å². The van der Waals surface area contributed by atoms with Crippen LogP contribution in [0, 0.1) is 0 Å². The van der Waals surface area contributed by atoms with E-state index in [1.54, 1.807) is 12.1 Å². The van der Waals surface area contributed by atoms with Crippen LogP contribution in [0.2, 0.25) is 0 Å². The van der Waals surface area contributed by atoms with Crippen LogP contribution in [0.3, 0.4) is 0 Å². The first-order chi connectivity index (χ1) is 7.30.